The van der Waals surface area contributed by atoms with Crippen LogP contribution >= 0.6 is 0 Å². The average Bonchev–Trinajstić information content (AvgIpc) is 2.77. The molecule has 0 saturated carbocycles. The van der Waals surface area contributed by atoms with E-state index in [2.05, 4.69) is 19.2 Å². The monoisotopic (exact) mass is 302 g/mol. The second kappa shape index (κ2) is 6.13. The largest absolute Gasteiger partial charge is 0.450 e. The lowest BCUT2D eigenvalue weighted by atomic mass is 9.90. The molecule has 120 valence electrons. The summed E-state index contributed by atoms with van der Waals surface area (Å²) in [6, 6.07) is 5.94. The molecule has 2 rings (SSSR count). The first-order valence-corrected chi connectivity index (χ1v) is 7.78. The van der Waals surface area contributed by atoms with Crippen molar-refractivity contribution in [1.82, 2.24) is 5.32 Å². The first-order chi connectivity index (χ1) is 10.3. The molecule has 22 heavy (non-hydrogen) atoms. The van der Waals surface area contributed by atoms with Crippen molar-refractivity contribution >= 4 is 16.9 Å². The van der Waals surface area contributed by atoms with Gasteiger partial charge in [0.1, 0.15) is 5.58 Å². The first kappa shape index (κ1) is 16.6. The molecule has 0 spiro atoms. The number of rotatable bonds is 5. The molecule has 2 aromatic rings. The standard InChI is InChI=1S/C18H26N2O2/c1-11(2)9-18(5,10-19)20-17(21)16-13(4)14-8-6-7-12(3)15(14)22-16/h6-8,11H,9-10,19H2,1-5H3,(H,20,21). The Morgan fingerprint density at radius 3 is 2.59 bits per heavy atom. The van der Waals surface area contributed by atoms with Crippen LogP contribution in [0.5, 0.6) is 0 Å². The Balaban J connectivity index is 2.34. The van der Waals surface area contributed by atoms with Gasteiger partial charge in [0.2, 0.25) is 0 Å². The Kier molecular flexibility index (Phi) is 4.61. The summed E-state index contributed by atoms with van der Waals surface area (Å²) < 4.78 is 5.83. The van der Waals surface area contributed by atoms with Crippen LogP contribution in [-0.4, -0.2) is 18.0 Å². The SMILES string of the molecule is Cc1c(C(=O)NC(C)(CN)CC(C)C)oc2c(C)cccc12. The van der Waals surface area contributed by atoms with Crippen LogP contribution in [0.2, 0.25) is 0 Å². The number of amides is 1. The zero-order chi connectivity index (χ0) is 16.5. The third-order valence-corrected chi connectivity index (χ3v) is 4.09. The van der Waals surface area contributed by atoms with E-state index in [1.807, 2.05) is 39.0 Å². The van der Waals surface area contributed by atoms with E-state index in [9.17, 15) is 4.79 Å². The Bertz CT molecular complexity index is 688. The third-order valence-electron chi connectivity index (χ3n) is 4.09. The Labute approximate surface area is 132 Å². The topological polar surface area (TPSA) is 68.3 Å². The minimum atomic E-state index is -0.425. The van der Waals surface area contributed by atoms with Gasteiger partial charge < -0.3 is 15.5 Å². The molecule has 0 fully saturated rings. The zero-order valence-corrected chi connectivity index (χ0v) is 14.1. The Morgan fingerprint density at radius 2 is 2.05 bits per heavy atom. The Morgan fingerprint density at radius 1 is 1.36 bits per heavy atom. The second-order valence-electron chi connectivity index (χ2n) is 6.82. The molecule has 4 nitrogen and oxygen atoms in total. The van der Waals surface area contributed by atoms with Gasteiger partial charge >= 0.3 is 0 Å². The molecule has 3 N–H and O–H groups in total. The van der Waals surface area contributed by atoms with E-state index in [-0.39, 0.29) is 5.91 Å². The second-order valence-corrected chi connectivity index (χ2v) is 6.82. The number of fused-ring (bicyclic) bond motifs is 1. The summed E-state index contributed by atoms with van der Waals surface area (Å²) in [5, 5.41) is 4.04. The van der Waals surface area contributed by atoms with Gasteiger partial charge in [-0.3, -0.25) is 4.79 Å². The van der Waals surface area contributed by atoms with Gasteiger partial charge in [-0.05, 0) is 38.7 Å². The van der Waals surface area contributed by atoms with E-state index in [4.69, 9.17) is 10.2 Å². The van der Waals surface area contributed by atoms with Crippen molar-refractivity contribution in [3.8, 4) is 0 Å². The van der Waals surface area contributed by atoms with Crippen molar-refractivity contribution in [2.45, 2.75) is 46.6 Å². The van der Waals surface area contributed by atoms with Crippen LogP contribution in [0.4, 0.5) is 0 Å². The van der Waals surface area contributed by atoms with E-state index >= 15 is 0 Å². The van der Waals surface area contributed by atoms with Gasteiger partial charge in [-0.2, -0.15) is 0 Å². The maximum absolute atomic E-state index is 12.6. The van der Waals surface area contributed by atoms with Crippen molar-refractivity contribution in [3.05, 3.63) is 35.1 Å². The lowest BCUT2D eigenvalue weighted by molar-refractivity contribution is 0.0871. The molecule has 1 aromatic heterocycles. The lowest BCUT2D eigenvalue weighted by Crippen LogP contribution is -2.52. The molecule has 1 aromatic carbocycles. The number of carbonyl (C=O) groups is 1. The summed E-state index contributed by atoms with van der Waals surface area (Å²) in [7, 11) is 0. The van der Waals surface area contributed by atoms with Gasteiger partial charge in [-0.15, -0.1) is 0 Å². The van der Waals surface area contributed by atoms with Crippen molar-refractivity contribution in [1.29, 1.82) is 0 Å². The highest BCUT2D eigenvalue weighted by molar-refractivity contribution is 5.99. The van der Waals surface area contributed by atoms with Gasteiger partial charge in [0.15, 0.2) is 5.76 Å². The number of aryl methyl sites for hydroxylation is 2. The predicted octanol–water partition coefficient (Wildman–Crippen LogP) is 3.54. The van der Waals surface area contributed by atoms with Gasteiger partial charge in [0.25, 0.3) is 5.91 Å². The zero-order valence-electron chi connectivity index (χ0n) is 14.1. The quantitative estimate of drug-likeness (QED) is 0.887. The minimum absolute atomic E-state index is 0.193. The van der Waals surface area contributed by atoms with E-state index in [0.717, 1.165) is 28.5 Å². The summed E-state index contributed by atoms with van der Waals surface area (Å²) >= 11 is 0. The fourth-order valence-corrected chi connectivity index (χ4v) is 3.02. The maximum Gasteiger partial charge on any atom is 0.287 e. The van der Waals surface area contributed by atoms with Crippen LogP contribution < -0.4 is 11.1 Å². The average molecular weight is 302 g/mol. The van der Waals surface area contributed by atoms with Crippen LogP contribution in [-0.2, 0) is 0 Å². The summed E-state index contributed by atoms with van der Waals surface area (Å²) in [5.41, 5.74) is 8.14. The molecule has 0 aliphatic heterocycles. The van der Waals surface area contributed by atoms with E-state index < -0.39 is 5.54 Å². The number of hydrogen-bond donors (Lipinski definition) is 2. The van der Waals surface area contributed by atoms with Crippen LogP contribution in [0.25, 0.3) is 11.0 Å². The van der Waals surface area contributed by atoms with Crippen molar-refractivity contribution in [2.75, 3.05) is 6.54 Å². The van der Waals surface area contributed by atoms with Gasteiger partial charge in [0.05, 0.1) is 5.54 Å². The fourth-order valence-electron chi connectivity index (χ4n) is 3.02. The molecule has 1 unspecified atom stereocenters. The molecule has 0 aliphatic rings. The summed E-state index contributed by atoms with van der Waals surface area (Å²) in [5.74, 6) is 0.641. The maximum atomic E-state index is 12.6. The summed E-state index contributed by atoms with van der Waals surface area (Å²) in [6.45, 7) is 10.5. The van der Waals surface area contributed by atoms with Crippen LogP contribution in [0, 0.1) is 19.8 Å². The molecule has 1 amide bonds. The number of nitrogens with two attached hydrogens (primary N) is 1. The van der Waals surface area contributed by atoms with Crippen LogP contribution in [0.15, 0.2) is 22.6 Å². The molecule has 0 saturated heterocycles. The van der Waals surface area contributed by atoms with E-state index in [1.54, 1.807) is 0 Å². The summed E-state index contributed by atoms with van der Waals surface area (Å²) in [4.78, 5) is 12.6. The molecule has 1 heterocycles. The van der Waals surface area contributed by atoms with Crippen molar-refractivity contribution in [2.24, 2.45) is 11.7 Å². The fraction of sp³-hybridized carbons (Fsp3) is 0.500. The van der Waals surface area contributed by atoms with Crippen LogP contribution in [0.3, 0.4) is 0 Å². The van der Waals surface area contributed by atoms with Gasteiger partial charge in [-0.1, -0.05) is 32.0 Å². The number of furan rings is 1. The smallest absolute Gasteiger partial charge is 0.287 e. The highest BCUT2D eigenvalue weighted by atomic mass is 16.3. The number of carbonyl (C=O) groups excluding carboxylic acids is 1. The molecule has 4 heteroatoms. The Hall–Kier alpha value is -1.81. The molecule has 0 aliphatic carbocycles. The van der Waals surface area contributed by atoms with Gasteiger partial charge in [0, 0.05) is 17.5 Å². The number of nitrogens with one attached hydrogen (secondary N) is 1. The van der Waals surface area contributed by atoms with Gasteiger partial charge in [-0.25, -0.2) is 0 Å². The minimum Gasteiger partial charge on any atom is -0.450 e. The number of hydrogen-bond acceptors (Lipinski definition) is 3. The normalized spacial score (nSPS) is 14.3. The predicted molar refractivity (Wildman–Crippen MR) is 90.1 cm³/mol. The lowest BCUT2D eigenvalue weighted by Gasteiger charge is -2.30. The highest BCUT2D eigenvalue weighted by Crippen LogP contribution is 2.28. The van der Waals surface area contributed by atoms with Crippen LogP contribution in [0.1, 0.15) is 48.9 Å². The van der Waals surface area contributed by atoms with E-state index in [0.29, 0.717) is 18.2 Å². The number of benzene rings is 1. The molecule has 0 bridgehead atoms. The molecular weight excluding hydrogens is 276 g/mol. The highest BCUT2D eigenvalue weighted by Gasteiger charge is 2.29. The third kappa shape index (κ3) is 3.17. The van der Waals surface area contributed by atoms with Crippen molar-refractivity contribution in [3.63, 3.8) is 0 Å². The molecular formula is C18H26N2O2. The first-order valence-electron chi connectivity index (χ1n) is 7.78. The number of para-hydroxylation sites is 1. The summed E-state index contributed by atoms with van der Waals surface area (Å²) in [6.07, 6.45) is 0.827. The molecule has 1 atom stereocenters. The molecule has 0 radical (unpaired) electrons. The van der Waals surface area contributed by atoms with E-state index in [1.165, 1.54) is 0 Å². The van der Waals surface area contributed by atoms with Crippen molar-refractivity contribution < 1.29 is 9.21 Å².